The molecular weight excluding hydrogens is 254 g/mol. The van der Waals surface area contributed by atoms with Crippen LogP contribution in [-0.2, 0) is 0 Å². The molecule has 0 spiro atoms. The number of unbranched alkanes of at least 4 members (excludes halogenated alkanes) is 9. The molecule has 1 aliphatic rings. The summed E-state index contributed by atoms with van der Waals surface area (Å²) < 4.78 is 0. The summed E-state index contributed by atoms with van der Waals surface area (Å²) in [7, 11) is 0. The van der Waals surface area contributed by atoms with E-state index < -0.39 is 0 Å². The SMILES string of the molecule is CCCCCCCCCCCCN1C=CC=CC1.Cl. The minimum absolute atomic E-state index is 0. The number of halogens is 1. The van der Waals surface area contributed by atoms with Gasteiger partial charge in [0, 0.05) is 13.1 Å². The second kappa shape index (κ2) is 14.0. The molecule has 0 fully saturated rings. The van der Waals surface area contributed by atoms with E-state index in [9.17, 15) is 0 Å². The van der Waals surface area contributed by atoms with Crippen LogP contribution in [0.25, 0.3) is 0 Å². The summed E-state index contributed by atoms with van der Waals surface area (Å²) in [6.07, 6.45) is 23.0. The van der Waals surface area contributed by atoms with Gasteiger partial charge in [-0.05, 0) is 18.7 Å². The highest BCUT2D eigenvalue weighted by molar-refractivity contribution is 5.85. The first kappa shape index (κ1) is 18.6. The van der Waals surface area contributed by atoms with Gasteiger partial charge in [0.2, 0.25) is 0 Å². The predicted octanol–water partition coefficient (Wildman–Crippen LogP) is 5.71. The molecule has 0 aromatic rings. The van der Waals surface area contributed by atoms with Crippen molar-refractivity contribution in [3.63, 3.8) is 0 Å². The van der Waals surface area contributed by atoms with E-state index in [1.54, 1.807) is 0 Å². The quantitative estimate of drug-likeness (QED) is 0.439. The zero-order valence-electron chi connectivity index (χ0n) is 12.7. The molecule has 0 aromatic heterocycles. The number of allylic oxidation sites excluding steroid dienone is 2. The molecule has 0 bridgehead atoms. The lowest BCUT2D eigenvalue weighted by Crippen LogP contribution is -2.19. The van der Waals surface area contributed by atoms with Gasteiger partial charge >= 0.3 is 0 Å². The first-order valence-corrected chi connectivity index (χ1v) is 8.01. The van der Waals surface area contributed by atoms with Crippen LogP contribution in [0, 0.1) is 0 Å². The van der Waals surface area contributed by atoms with E-state index in [1.165, 1.54) is 70.8 Å². The summed E-state index contributed by atoms with van der Waals surface area (Å²) in [6, 6.07) is 0. The fraction of sp³-hybridized carbons (Fsp3) is 0.765. The van der Waals surface area contributed by atoms with Crippen molar-refractivity contribution in [2.24, 2.45) is 0 Å². The largest absolute Gasteiger partial charge is 0.374 e. The van der Waals surface area contributed by atoms with Crippen LogP contribution >= 0.6 is 12.4 Å². The standard InChI is InChI=1S/C17H31N.ClH/c1-2-3-4-5-6-7-8-9-10-12-15-18-16-13-11-14-17-18;/h11,13-14,16H,2-10,12,15,17H2,1H3;1H. The Morgan fingerprint density at radius 1 is 0.789 bits per heavy atom. The van der Waals surface area contributed by atoms with E-state index in [0.717, 1.165) is 6.54 Å². The van der Waals surface area contributed by atoms with Gasteiger partial charge in [-0.15, -0.1) is 12.4 Å². The van der Waals surface area contributed by atoms with Crippen molar-refractivity contribution in [1.29, 1.82) is 0 Å². The molecule has 0 aliphatic carbocycles. The molecule has 1 aliphatic heterocycles. The zero-order valence-corrected chi connectivity index (χ0v) is 13.5. The molecule has 0 saturated heterocycles. The molecule has 1 rings (SSSR count). The van der Waals surface area contributed by atoms with Crippen molar-refractivity contribution >= 4 is 12.4 Å². The summed E-state index contributed by atoms with van der Waals surface area (Å²) in [5.74, 6) is 0. The molecule has 1 nitrogen and oxygen atoms in total. The van der Waals surface area contributed by atoms with Crippen molar-refractivity contribution in [1.82, 2.24) is 4.90 Å². The number of hydrogen-bond acceptors (Lipinski definition) is 1. The highest BCUT2D eigenvalue weighted by Crippen LogP contribution is 2.11. The molecular formula is C17H32ClN. The third kappa shape index (κ3) is 11.1. The van der Waals surface area contributed by atoms with Gasteiger partial charge in [0.1, 0.15) is 0 Å². The third-order valence-corrected chi connectivity index (χ3v) is 3.68. The lowest BCUT2D eigenvalue weighted by Gasteiger charge is -2.20. The molecule has 1 heterocycles. The van der Waals surface area contributed by atoms with Crippen LogP contribution in [0.4, 0.5) is 0 Å². The average molecular weight is 286 g/mol. The fourth-order valence-electron chi connectivity index (χ4n) is 2.48. The van der Waals surface area contributed by atoms with Crippen molar-refractivity contribution < 1.29 is 0 Å². The van der Waals surface area contributed by atoms with Crippen molar-refractivity contribution in [3.05, 3.63) is 24.4 Å². The Morgan fingerprint density at radius 3 is 1.89 bits per heavy atom. The van der Waals surface area contributed by atoms with Crippen LogP contribution in [0.15, 0.2) is 24.4 Å². The van der Waals surface area contributed by atoms with E-state index in [1.807, 2.05) is 0 Å². The molecule has 0 unspecified atom stereocenters. The normalized spacial score (nSPS) is 13.6. The van der Waals surface area contributed by atoms with Crippen LogP contribution in [0.2, 0.25) is 0 Å². The van der Waals surface area contributed by atoms with Gasteiger partial charge in [-0.3, -0.25) is 0 Å². The Hall–Kier alpha value is -0.430. The van der Waals surface area contributed by atoms with E-state index >= 15 is 0 Å². The second-order valence-corrected chi connectivity index (χ2v) is 5.45. The summed E-state index contributed by atoms with van der Waals surface area (Å²) in [5.41, 5.74) is 0. The number of rotatable bonds is 11. The Balaban J connectivity index is 0.00000324. The third-order valence-electron chi connectivity index (χ3n) is 3.68. The van der Waals surface area contributed by atoms with Gasteiger partial charge < -0.3 is 4.90 Å². The lowest BCUT2D eigenvalue weighted by atomic mass is 10.1. The second-order valence-electron chi connectivity index (χ2n) is 5.45. The molecule has 0 atom stereocenters. The molecule has 0 saturated carbocycles. The van der Waals surface area contributed by atoms with Crippen LogP contribution in [0.1, 0.15) is 71.1 Å². The van der Waals surface area contributed by atoms with Gasteiger partial charge in [0.05, 0.1) is 0 Å². The summed E-state index contributed by atoms with van der Waals surface area (Å²) >= 11 is 0. The maximum Gasteiger partial charge on any atom is 0.0357 e. The topological polar surface area (TPSA) is 3.24 Å². The van der Waals surface area contributed by atoms with Crippen LogP contribution in [0.3, 0.4) is 0 Å². The fourth-order valence-corrected chi connectivity index (χ4v) is 2.48. The average Bonchev–Trinajstić information content (AvgIpc) is 2.42. The smallest absolute Gasteiger partial charge is 0.0357 e. The minimum Gasteiger partial charge on any atom is -0.374 e. The highest BCUT2D eigenvalue weighted by Gasteiger charge is 1.98. The summed E-state index contributed by atoms with van der Waals surface area (Å²) in [5, 5.41) is 0. The number of hydrogen-bond donors (Lipinski definition) is 0. The lowest BCUT2D eigenvalue weighted by molar-refractivity contribution is 0.392. The molecule has 0 aromatic carbocycles. The van der Waals surface area contributed by atoms with E-state index in [0.29, 0.717) is 0 Å². The Labute approximate surface area is 126 Å². The highest BCUT2D eigenvalue weighted by atomic mass is 35.5. The monoisotopic (exact) mass is 285 g/mol. The van der Waals surface area contributed by atoms with Crippen LogP contribution < -0.4 is 0 Å². The van der Waals surface area contributed by atoms with Gasteiger partial charge in [-0.1, -0.05) is 76.9 Å². The Bertz CT molecular complexity index is 235. The van der Waals surface area contributed by atoms with Gasteiger partial charge in [-0.25, -0.2) is 0 Å². The van der Waals surface area contributed by atoms with E-state index in [4.69, 9.17) is 0 Å². The van der Waals surface area contributed by atoms with Gasteiger partial charge in [0.15, 0.2) is 0 Å². The first-order chi connectivity index (χ1) is 8.93. The van der Waals surface area contributed by atoms with Gasteiger partial charge in [-0.2, -0.15) is 0 Å². The zero-order chi connectivity index (χ0) is 12.9. The van der Waals surface area contributed by atoms with Crippen molar-refractivity contribution in [2.45, 2.75) is 71.1 Å². The summed E-state index contributed by atoms with van der Waals surface area (Å²) in [6.45, 7) is 4.62. The molecule has 19 heavy (non-hydrogen) atoms. The molecule has 112 valence electrons. The molecule has 0 amide bonds. The summed E-state index contributed by atoms with van der Waals surface area (Å²) in [4.78, 5) is 2.41. The molecule has 0 radical (unpaired) electrons. The Morgan fingerprint density at radius 2 is 1.37 bits per heavy atom. The molecule has 0 N–H and O–H groups in total. The van der Waals surface area contributed by atoms with Crippen LogP contribution in [0.5, 0.6) is 0 Å². The van der Waals surface area contributed by atoms with E-state index in [2.05, 4.69) is 36.3 Å². The Kier molecular flexibility index (Phi) is 13.7. The minimum atomic E-state index is 0. The maximum absolute atomic E-state index is 2.41. The maximum atomic E-state index is 2.41. The molecule has 2 heteroatoms. The van der Waals surface area contributed by atoms with Gasteiger partial charge in [0.25, 0.3) is 0 Å². The van der Waals surface area contributed by atoms with Crippen molar-refractivity contribution in [2.75, 3.05) is 13.1 Å². The number of nitrogens with zero attached hydrogens (tertiary/aromatic N) is 1. The van der Waals surface area contributed by atoms with Crippen LogP contribution in [-0.4, -0.2) is 18.0 Å². The van der Waals surface area contributed by atoms with E-state index in [-0.39, 0.29) is 12.4 Å². The predicted molar refractivity (Wildman–Crippen MR) is 88.9 cm³/mol. The van der Waals surface area contributed by atoms with Crippen molar-refractivity contribution in [3.8, 4) is 0 Å². The first-order valence-electron chi connectivity index (χ1n) is 8.01.